The average molecular weight is 463 g/mol. The molecule has 5 heterocycles. The third kappa shape index (κ3) is 3.14. The van der Waals surface area contributed by atoms with Gasteiger partial charge in [-0.3, -0.25) is 0 Å². The number of benzene rings is 1. The summed E-state index contributed by atoms with van der Waals surface area (Å²) in [5.41, 5.74) is 2.69. The smallest absolute Gasteiger partial charge is 0.0436 e. The lowest BCUT2D eigenvalue weighted by Gasteiger charge is -2.01. The third-order valence-corrected chi connectivity index (χ3v) is 9.59. The summed E-state index contributed by atoms with van der Waals surface area (Å²) in [6.45, 7) is 0. The summed E-state index contributed by atoms with van der Waals surface area (Å²) in [4.78, 5) is 5.31. The zero-order valence-electron chi connectivity index (χ0n) is 15.1. The van der Waals surface area contributed by atoms with Crippen molar-refractivity contribution >= 4 is 88.5 Å². The standard InChI is InChI=1S/C24H14S5/c1-4-20(25-8-1)18(21-5-2-9-26-21)13-15-12-17-16-7-11-28-24(16)19(14-23(17)29-15)22-6-3-10-27-22/h1-14H. The number of hydrogen-bond donors (Lipinski definition) is 0. The van der Waals surface area contributed by atoms with Gasteiger partial charge in [-0.1, -0.05) is 18.2 Å². The molecule has 0 saturated heterocycles. The van der Waals surface area contributed by atoms with E-state index in [-0.39, 0.29) is 0 Å². The molecule has 0 atom stereocenters. The fraction of sp³-hybridized carbons (Fsp3) is 0. The van der Waals surface area contributed by atoms with Crippen LogP contribution >= 0.6 is 56.7 Å². The Balaban J connectivity index is 1.57. The van der Waals surface area contributed by atoms with Crippen molar-refractivity contribution in [3.63, 3.8) is 0 Å². The van der Waals surface area contributed by atoms with Gasteiger partial charge in [-0.15, -0.1) is 56.7 Å². The van der Waals surface area contributed by atoms with Gasteiger partial charge in [-0.25, -0.2) is 0 Å². The van der Waals surface area contributed by atoms with Gasteiger partial charge in [0.2, 0.25) is 0 Å². The van der Waals surface area contributed by atoms with Crippen molar-refractivity contribution < 1.29 is 0 Å². The second-order valence-corrected chi connectivity index (χ2v) is 11.5. The predicted molar refractivity (Wildman–Crippen MR) is 136 cm³/mol. The van der Waals surface area contributed by atoms with E-state index < -0.39 is 0 Å². The highest BCUT2D eigenvalue weighted by molar-refractivity contribution is 7.22. The van der Waals surface area contributed by atoms with Crippen molar-refractivity contribution in [2.75, 3.05) is 0 Å². The molecule has 5 aromatic heterocycles. The van der Waals surface area contributed by atoms with Gasteiger partial charge < -0.3 is 0 Å². The summed E-state index contributed by atoms with van der Waals surface area (Å²) < 4.78 is 2.76. The molecule has 0 bridgehead atoms. The first-order valence-corrected chi connectivity index (χ1v) is 13.5. The van der Waals surface area contributed by atoms with Crippen LogP contribution < -0.4 is 0 Å². The first-order chi connectivity index (χ1) is 14.4. The van der Waals surface area contributed by atoms with Crippen LogP contribution in [0, 0.1) is 0 Å². The summed E-state index contributed by atoms with van der Waals surface area (Å²) in [6, 6.07) is 20.1. The molecule has 6 rings (SSSR count). The minimum absolute atomic E-state index is 1.31. The molecule has 0 aliphatic rings. The van der Waals surface area contributed by atoms with Crippen LogP contribution in [-0.2, 0) is 0 Å². The first kappa shape index (κ1) is 17.8. The maximum Gasteiger partial charge on any atom is 0.0436 e. The van der Waals surface area contributed by atoms with Crippen LogP contribution in [0.2, 0.25) is 0 Å². The fourth-order valence-electron chi connectivity index (χ4n) is 3.62. The Morgan fingerprint density at radius 2 is 1.45 bits per heavy atom. The molecule has 140 valence electrons. The van der Waals surface area contributed by atoms with Crippen molar-refractivity contribution in [1.29, 1.82) is 0 Å². The quantitative estimate of drug-likeness (QED) is 0.245. The number of thiophene rings is 5. The molecule has 0 spiro atoms. The van der Waals surface area contributed by atoms with Crippen LogP contribution in [-0.4, -0.2) is 0 Å². The number of rotatable bonds is 4. The molecule has 5 heteroatoms. The highest BCUT2D eigenvalue weighted by Crippen LogP contribution is 2.43. The van der Waals surface area contributed by atoms with Gasteiger partial charge >= 0.3 is 0 Å². The Bertz CT molecular complexity index is 1390. The maximum absolute atomic E-state index is 2.39. The highest BCUT2D eigenvalue weighted by Gasteiger charge is 2.14. The van der Waals surface area contributed by atoms with Crippen LogP contribution in [0.15, 0.2) is 76.1 Å². The largest absolute Gasteiger partial charge is 0.144 e. The normalized spacial score (nSPS) is 11.4. The molecular weight excluding hydrogens is 449 g/mol. The minimum Gasteiger partial charge on any atom is -0.144 e. The molecule has 0 N–H and O–H groups in total. The van der Waals surface area contributed by atoms with Crippen molar-refractivity contribution in [3.8, 4) is 10.4 Å². The van der Waals surface area contributed by atoms with Crippen molar-refractivity contribution in [1.82, 2.24) is 0 Å². The number of hydrogen-bond acceptors (Lipinski definition) is 5. The Hall–Kier alpha value is -2.02. The van der Waals surface area contributed by atoms with E-state index in [0.717, 1.165) is 0 Å². The zero-order valence-corrected chi connectivity index (χ0v) is 19.2. The monoisotopic (exact) mass is 462 g/mol. The van der Waals surface area contributed by atoms with Crippen LogP contribution in [0.4, 0.5) is 0 Å². The van der Waals surface area contributed by atoms with Crippen LogP contribution in [0.25, 0.3) is 42.3 Å². The SMILES string of the molecule is C(=C(c1cccs1)c1cccs1)c1cc2c(cc(-c3cccs3)c3sccc32)s1. The predicted octanol–water partition coefficient (Wildman–Crippen LogP) is 9.56. The summed E-state index contributed by atoms with van der Waals surface area (Å²) in [5.74, 6) is 0. The van der Waals surface area contributed by atoms with Gasteiger partial charge in [-0.05, 0) is 64.0 Å². The fourth-order valence-corrected chi connectivity index (χ4v) is 8.02. The summed E-state index contributed by atoms with van der Waals surface area (Å²) >= 11 is 9.17. The molecule has 0 amide bonds. The lowest BCUT2D eigenvalue weighted by atomic mass is 10.1. The molecular formula is C24H14S5. The number of fused-ring (bicyclic) bond motifs is 3. The molecule has 0 radical (unpaired) electrons. The third-order valence-electron chi connectivity index (χ3n) is 4.90. The Morgan fingerprint density at radius 1 is 0.690 bits per heavy atom. The molecule has 29 heavy (non-hydrogen) atoms. The molecule has 0 aliphatic carbocycles. The van der Waals surface area contributed by atoms with Gasteiger partial charge in [-0.2, -0.15) is 0 Å². The first-order valence-electron chi connectivity index (χ1n) is 9.14. The van der Waals surface area contributed by atoms with Gasteiger partial charge in [0.25, 0.3) is 0 Å². The molecule has 6 aromatic rings. The molecule has 1 aromatic carbocycles. The van der Waals surface area contributed by atoms with Gasteiger partial charge in [0.15, 0.2) is 0 Å². The topological polar surface area (TPSA) is 0 Å². The van der Waals surface area contributed by atoms with Crippen molar-refractivity contribution in [2.45, 2.75) is 0 Å². The Kier molecular flexibility index (Phi) is 4.51. The minimum atomic E-state index is 1.31. The van der Waals surface area contributed by atoms with E-state index >= 15 is 0 Å². The molecule has 0 aliphatic heterocycles. The van der Waals surface area contributed by atoms with Crippen LogP contribution in [0.5, 0.6) is 0 Å². The Morgan fingerprint density at radius 3 is 2.14 bits per heavy atom. The second kappa shape index (κ2) is 7.35. The summed E-state index contributed by atoms with van der Waals surface area (Å²) in [6.07, 6.45) is 2.37. The van der Waals surface area contributed by atoms with E-state index in [4.69, 9.17) is 0 Å². The van der Waals surface area contributed by atoms with E-state index in [2.05, 4.69) is 82.2 Å². The second-order valence-electron chi connectivity index (χ2n) is 6.64. The molecule has 0 fully saturated rings. The van der Waals surface area contributed by atoms with Gasteiger partial charge in [0.1, 0.15) is 0 Å². The highest BCUT2D eigenvalue weighted by atomic mass is 32.1. The summed E-state index contributed by atoms with van der Waals surface area (Å²) in [7, 11) is 0. The molecule has 0 saturated carbocycles. The lowest BCUT2D eigenvalue weighted by molar-refractivity contribution is 1.81. The average Bonchev–Trinajstić information content (AvgIpc) is 3.54. The zero-order chi connectivity index (χ0) is 19.2. The van der Waals surface area contributed by atoms with Gasteiger partial charge in [0, 0.05) is 50.8 Å². The van der Waals surface area contributed by atoms with E-state index in [1.165, 1.54) is 50.8 Å². The van der Waals surface area contributed by atoms with E-state index in [1.54, 1.807) is 22.7 Å². The molecule has 0 unspecified atom stereocenters. The van der Waals surface area contributed by atoms with E-state index in [9.17, 15) is 0 Å². The van der Waals surface area contributed by atoms with Crippen LogP contribution in [0.1, 0.15) is 14.6 Å². The van der Waals surface area contributed by atoms with E-state index in [1.807, 2.05) is 34.0 Å². The van der Waals surface area contributed by atoms with Crippen molar-refractivity contribution in [3.05, 3.63) is 90.7 Å². The Labute approximate surface area is 188 Å². The summed E-state index contributed by atoms with van der Waals surface area (Å²) in [5, 5.41) is 11.4. The van der Waals surface area contributed by atoms with Gasteiger partial charge in [0.05, 0.1) is 0 Å². The lowest BCUT2D eigenvalue weighted by Crippen LogP contribution is -1.78. The maximum atomic E-state index is 2.39. The van der Waals surface area contributed by atoms with Crippen LogP contribution in [0.3, 0.4) is 0 Å². The van der Waals surface area contributed by atoms with Crippen molar-refractivity contribution in [2.24, 2.45) is 0 Å². The van der Waals surface area contributed by atoms with E-state index in [0.29, 0.717) is 0 Å². The molecule has 0 nitrogen and oxygen atoms in total.